The minimum Gasteiger partial charge on any atom is -0.390 e. The Morgan fingerprint density at radius 2 is 2.04 bits per heavy atom. The van der Waals surface area contributed by atoms with Gasteiger partial charge in [-0.1, -0.05) is 13.3 Å². The molecule has 4 atom stereocenters. The molecule has 0 saturated heterocycles. The average molecular weight is 386 g/mol. The molecule has 28 heavy (non-hydrogen) atoms. The highest BCUT2D eigenvalue weighted by atomic mass is 16.3. The van der Waals surface area contributed by atoms with Crippen molar-refractivity contribution >= 4 is 5.91 Å². The van der Waals surface area contributed by atoms with Crippen molar-refractivity contribution in [3.05, 3.63) is 17.5 Å². The van der Waals surface area contributed by atoms with Crippen LogP contribution in [0.4, 0.5) is 0 Å². The Labute approximate surface area is 168 Å². The zero-order valence-corrected chi connectivity index (χ0v) is 17.7. The summed E-state index contributed by atoms with van der Waals surface area (Å²) in [7, 11) is 0. The summed E-state index contributed by atoms with van der Waals surface area (Å²) in [5.41, 5.74) is 1.67. The first-order valence-electron chi connectivity index (χ1n) is 11.2. The number of nitrogens with zero attached hydrogens (tertiary/aromatic N) is 2. The molecular formula is C23H35N3O2. The van der Waals surface area contributed by atoms with Crippen molar-refractivity contribution < 1.29 is 9.90 Å². The Kier molecular flexibility index (Phi) is 3.89. The lowest BCUT2D eigenvalue weighted by molar-refractivity contribution is -0.204. The molecule has 6 rings (SSSR count). The van der Waals surface area contributed by atoms with Gasteiger partial charge in [-0.05, 0) is 82.6 Å². The molecule has 2 N–H and O–H groups in total. The highest BCUT2D eigenvalue weighted by molar-refractivity contribution is 5.83. The van der Waals surface area contributed by atoms with Crippen LogP contribution in [0.2, 0.25) is 0 Å². The molecule has 0 aromatic carbocycles. The van der Waals surface area contributed by atoms with Gasteiger partial charge in [0.1, 0.15) is 0 Å². The van der Waals surface area contributed by atoms with Gasteiger partial charge in [0.25, 0.3) is 0 Å². The monoisotopic (exact) mass is 385 g/mol. The van der Waals surface area contributed by atoms with E-state index in [1.165, 1.54) is 12.1 Å². The molecule has 5 nitrogen and oxygen atoms in total. The second-order valence-electron chi connectivity index (χ2n) is 11.1. The number of aromatic nitrogens is 2. The van der Waals surface area contributed by atoms with Crippen LogP contribution < -0.4 is 5.32 Å². The van der Waals surface area contributed by atoms with Gasteiger partial charge in [-0.3, -0.25) is 9.48 Å². The van der Waals surface area contributed by atoms with Crippen molar-refractivity contribution in [2.24, 2.45) is 22.2 Å². The molecule has 1 aromatic heterocycles. The number of hydrogen-bond donors (Lipinski definition) is 2. The fraction of sp³-hybridized carbons (Fsp3) is 0.826. The number of rotatable bonds is 6. The normalized spacial score (nSPS) is 39.9. The summed E-state index contributed by atoms with van der Waals surface area (Å²) in [5.74, 6) is 0.740. The van der Waals surface area contributed by atoms with E-state index >= 15 is 0 Å². The number of carbonyl (C=O) groups excluding carboxylic acids is 1. The molecule has 0 aliphatic heterocycles. The van der Waals surface area contributed by atoms with Gasteiger partial charge in [-0.2, -0.15) is 5.10 Å². The van der Waals surface area contributed by atoms with Gasteiger partial charge in [0, 0.05) is 24.2 Å². The second kappa shape index (κ2) is 5.84. The summed E-state index contributed by atoms with van der Waals surface area (Å²) in [5, 5.41) is 19.2. The molecule has 0 spiro atoms. The molecular weight excluding hydrogens is 350 g/mol. The lowest BCUT2D eigenvalue weighted by Crippen LogP contribution is -2.64. The van der Waals surface area contributed by atoms with E-state index in [-0.39, 0.29) is 22.2 Å². The predicted molar refractivity (Wildman–Crippen MR) is 108 cm³/mol. The largest absolute Gasteiger partial charge is 0.390 e. The van der Waals surface area contributed by atoms with E-state index in [1.54, 1.807) is 0 Å². The maximum absolute atomic E-state index is 13.5. The van der Waals surface area contributed by atoms with Crippen LogP contribution in [0, 0.1) is 36.0 Å². The molecule has 5 fully saturated rings. The molecule has 5 heteroatoms. The summed E-state index contributed by atoms with van der Waals surface area (Å²) >= 11 is 0. The van der Waals surface area contributed by atoms with Crippen molar-refractivity contribution in [2.45, 2.75) is 90.7 Å². The zero-order valence-electron chi connectivity index (χ0n) is 17.7. The SMILES string of the molecule is CCC12CC3CC(O)(C1)CC(C(=O)NCC1(Cn4nc(C)cc4C)CC1)(C3)C2. The molecule has 5 saturated carbocycles. The maximum Gasteiger partial charge on any atom is 0.226 e. The van der Waals surface area contributed by atoms with E-state index in [2.05, 4.69) is 35.0 Å². The third-order valence-electron chi connectivity index (χ3n) is 8.56. The number of carbonyl (C=O) groups is 1. The minimum absolute atomic E-state index is 0.167. The summed E-state index contributed by atoms with van der Waals surface area (Å²) in [4.78, 5) is 13.5. The van der Waals surface area contributed by atoms with E-state index in [1.807, 2.05) is 6.92 Å². The number of hydrogen-bond acceptors (Lipinski definition) is 3. The van der Waals surface area contributed by atoms with Crippen LogP contribution in [0.3, 0.4) is 0 Å². The van der Waals surface area contributed by atoms with E-state index in [9.17, 15) is 9.90 Å². The smallest absolute Gasteiger partial charge is 0.226 e. The Hall–Kier alpha value is -1.36. The van der Waals surface area contributed by atoms with Gasteiger partial charge in [0.15, 0.2) is 0 Å². The molecule has 0 radical (unpaired) electrons. The first-order valence-corrected chi connectivity index (χ1v) is 11.2. The van der Waals surface area contributed by atoms with Crippen LogP contribution in [0.25, 0.3) is 0 Å². The van der Waals surface area contributed by atoms with Crippen molar-refractivity contribution in [3.63, 3.8) is 0 Å². The highest BCUT2D eigenvalue weighted by Gasteiger charge is 2.64. The maximum atomic E-state index is 13.5. The summed E-state index contributed by atoms with van der Waals surface area (Å²) in [6.07, 6.45) is 9.06. The van der Waals surface area contributed by atoms with Gasteiger partial charge < -0.3 is 10.4 Å². The third-order valence-corrected chi connectivity index (χ3v) is 8.56. The Balaban J connectivity index is 1.29. The van der Waals surface area contributed by atoms with Crippen LogP contribution >= 0.6 is 0 Å². The minimum atomic E-state index is -0.603. The fourth-order valence-corrected chi connectivity index (χ4v) is 7.41. The van der Waals surface area contributed by atoms with Crippen LogP contribution in [0.15, 0.2) is 6.07 Å². The van der Waals surface area contributed by atoms with Crippen molar-refractivity contribution in [3.8, 4) is 0 Å². The number of aryl methyl sites for hydroxylation is 2. The Morgan fingerprint density at radius 3 is 2.64 bits per heavy atom. The van der Waals surface area contributed by atoms with Crippen molar-refractivity contribution in [1.29, 1.82) is 0 Å². The van der Waals surface area contributed by atoms with Crippen LogP contribution in [-0.4, -0.2) is 32.9 Å². The standard InChI is InChI=1S/C23H35N3O2/c1-4-20-8-18-9-22(11-20,13-23(28,10-18)12-20)19(27)24-14-21(5-6-21)15-26-17(3)7-16(2)25-26/h7,18,28H,4-6,8-15H2,1-3H3,(H,24,27). The lowest BCUT2D eigenvalue weighted by atomic mass is 9.42. The zero-order chi connectivity index (χ0) is 19.8. The lowest BCUT2D eigenvalue weighted by Gasteiger charge is -2.64. The second-order valence-corrected chi connectivity index (χ2v) is 11.1. The van der Waals surface area contributed by atoms with E-state index in [0.717, 1.165) is 63.7 Å². The molecule has 154 valence electrons. The van der Waals surface area contributed by atoms with Gasteiger partial charge in [0.2, 0.25) is 5.91 Å². The molecule has 1 aromatic rings. The Bertz CT molecular complexity index is 813. The van der Waals surface area contributed by atoms with Crippen LogP contribution in [0.5, 0.6) is 0 Å². The highest BCUT2D eigenvalue weighted by Crippen LogP contribution is 2.67. The van der Waals surface area contributed by atoms with Gasteiger partial charge >= 0.3 is 0 Å². The van der Waals surface area contributed by atoms with Gasteiger partial charge in [0.05, 0.1) is 16.7 Å². The molecule has 4 bridgehead atoms. The van der Waals surface area contributed by atoms with E-state index < -0.39 is 5.60 Å². The van der Waals surface area contributed by atoms with Crippen LogP contribution in [0.1, 0.15) is 76.1 Å². The average Bonchev–Trinajstić information content (AvgIpc) is 3.29. The van der Waals surface area contributed by atoms with Crippen molar-refractivity contribution in [1.82, 2.24) is 15.1 Å². The number of amides is 1. The summed E-state index contributed by atoms with van der Waals surface area (Å²) in [6, 6.07) is 2.12. The van der Waals surface area contributed by atoms with Crippen molar-refractivity contribution in [2.75, 3.05) is 6.54 Å². The molecule has 4 unspecified atom stereocenters. The number of nitrogens with one attached hydrogen (secondary N) is 1. The van der Waals surface area contributed by atoms with Gasteiger partial charge in [-0.25, -0.2) is 0 Å². The number of aliphatic hydroxyl groups is 1. The quantitative estimate of drug-likeness (QED) is 0.787. The van der Waals surface area contributed by atoms with Gasteiger partial charge in [-0.15, -0.1) is 0 Å². The molecule has 1 heterocycles. The van der Waals surface area contributed by atoms with E-state index in [4.69, 9.17) is 0 Å². The first-order chi connectivity index (χ1) is 13.2. The first kappa shape index (κ1) is 18.7. The predicted octanol–water partition coefficient (Wildman–Crippen LogP) is 3.51. The summed E-state index contributed by atoms with van der Waals surface area (Å²) in [6.45, 7) is 8.02. The molecule has 5 aliphatic rings. The third kappa shape index (κ3) is 2.92. The molecule has 1 amide bonds. The Morgan fingerprint density at radius 1 is 1.25 bits per heavy atom. The van der Waals surface area contributed by atoms with Crippen LogP contribution in [-0.2, 0) is 11.3 Å². The fourth-order valence-electron chi connectivity index (χ4n) is 7.41. The van der Waals surface area contributed by atoms with E-state index in [0.29, 0.717) is 12.3 Å². The molecule has 5 aliphatic carbocycles. The summed E-state index contributed by atoms with van der Waals surface area (Å²) < 4.78 is 2.11. The topological polar surface area (TPSA) is 67.2 Å².